The average Bonchev–Trinajstić information content (AvgIpc) is 3.07. The number of benzene rings is 1. The van der Waals surface area contributed by atoms with Crippen LogP contribution in [0.25, 0.3) is 11.3 Å². The molecular weight excluding hydrogens is 356 g/mol. The number of nitrogens with zero attached hydrogens (tertiary/aromatic N) is 3. The van der Waals surface area contributed by atoms with Crippen LogP contribution in [0.1, 0.15) is 12.5 Å². The summed E-state index contributed by atoms with van der Waals surface area (Å²) in [7, 11) is 3.67. The number of nitrogens with one attached hydrogen (secondary N) is 1. The zero-order valence-electron chi connectivity index (χ0n) is 16.1. The van der Waals surface area contributed by atoms with Crippen molar-refractivity contribution in [3.63, 3.8) is 0 Å². The molecule has 0 aliphatic heterocycles. The summed E-state index contributed by atoms with van der Waals surface area (Å²) in [6.07, 6.45) is 5.72. The smallest absolute Gasteiger partial charge is 0.132 e. The number of aryl methyl sites for hydroxylation is 1. The summed E-state index contributed by atoms with van der Waals surface area (Å²) >= 11 is 1.84. The molecule has 0 saturated carbocycles. The maximum Gasteiger partial charge on any atom is 0.132 e. The third-order valence-electron chi connectivity index (χ3n) is 4.24. The topological polar surface area (TPSA) is 52.0 Å². The molecular formula is C21H26N4OS. The Morgan fingerprint density at radius 2 is 2.07 bits per heavy atom. The first-order valence-electron chi connectivity index (χ1n) is 9.07. The van der Waals surface area contributed by atoms with E-state index in [1.165, 1.54) is 10.5 Å². The zero-order chi connectivity index (χ0) is 19.1. The predicted octanol–water partition coefficient (Wildman–Crippen LogP) is 4.01. The van der Waals surface area contributed by atoms with Gasteiger partial charge in [0.05, 0.1) is 12.8 Å². The van der Waals surface area contributed by atoms with E-state index in [1.54, 1.807) is 13.3 Å². The summed E-state index contributed by atoms with van der Waals surface area (Å²) in [6.45, 7) is 4.01. The normalized spacial score (nSPS) is 12.1. The van der Waals surface area contributed by atoms with E-state index in [1.807, 2.05) is 54.0 Å². The van der Waals surface area contributed by atoms with Crippen molar-refractivity contribution >= 4 is 11.8 Å². The highest BCUT2D eigenvalue weighted by Crippen LogP contribution is 2.30. The van der Waals surface area contributed by atoms with Crippen LogP contribution < -0.4 is 10.1 Å². The maximum atomic E-state index is 5.42. The Hall–Kier alpha value is -2.31. The van der Waals surface area contributed by atoms with Gasteiger partial charge in [0, 0.05) is 54.0 Å². The molecule has 3 rings (SSSR count). The first kappa shape index (κ1) is 19.5. The number of hydrogen-bond donors (Lipinski definition) is 1. The van der Waals surface area contributed by atoms with Gasteiger partial charge in [0.15, 0.2) is 0 Å². The van der Waals surface area contributed by atoms with Crippen LogP contribution in [0.2, 0.25) is 0 Å². The number of rotatable bonds is 9. The van der Waals surface area contributed by atoms with Crippen LogP contribution in [-0.4, -0.2) is 34.2 Å². The number of methoxy groups -OCH3 is 1. The van der Waals surface area contributed by atoms with Crippen LogP contribution in [0.3, 0.4) is 0 Å². The van der Waals surface area contributed by atoms with Crippen LogP contribution in [0, 0.1) is 5.92 Å². The minimum absolute atomic E-state index is 0.540. The van der Waals surface area contributed by atoms with Gasteiger partial charge < -0.3 is 10.1 Å². The molecule has 0 amide bonds. The molecule has 6 heteroatoms. The Balaban J connectivity index is 1.51. The maximum absolute atomic E-state index is 5.42. The van der Waals surface area contributed by atoms with E-state index in [0.29, 0.717) is 5.92 Å². The average molecular weight is 383 g/mol. The van der Waals surface area contributed by atoms with E-state index in [-0.39, 0.29) is 0 Å². The molecule has 0 spiro atoms. The predicted molar refractivity (Wildman–Crippen MR) is 111 cm³/mol. The second-order valence-electron chi connectivity index (χ2n) is 6.62. The fourth-order valence-electron chi connectivity index (χ4n) is 2.90. The van der Waals surface area contributed by atoms with E-state index in [2.05, 4.69) is 40.7 Å². The van der Waals surface area contributed by atoms with Crippen LogP contribution >= 0.6 is 11.8 Å². The third kappa shape index (κ3) is 5.34. The van der Waals surface area contributed by atoms with Crippen molar-refractivity contribution in [2.75, 3.05) is 19.4 Å². The van der Waals surface area contributed by atoms with Crippen molar-refractivity contribution in [1.29, 1.82) is 0 Å². The van der Waals surface area contributed by atoms with Gasteiger partial charge in [-0.2, -0.15) is 5.10 Å². The summed E-state index contributed by atoms with van der Waals surface area (Å²) in [5.74, 6) is 2.52. The third-order valence-corrected chi connectivity index (χ3v) is 5.62. The lowest BCUT2D eigenvalue weighted by molar-refractivity contribution is 0.404. The standard InChI is InChI=1S/C21H26N4OS/c1-16(15-27-20-9-5-4-8-19(20)26-3)11-23-13-18-14-25(2)24-21(18)17-7-6-10-22-12-17/h4-10,12,14,16,23H,11,13,15H2,1-3H3. The van der Waals surface area contributed by atoms with Crippen LogP contribution in [-0.2, 0) is 13.6 Å². The molecule has 0 aliphatic rings. The lowest BCUT2D eigenvalue weighted by atomic mass is 10.1. The molecule has 142 valence electrons. The molecule has 0 bridgehead atoms. The molecule has 2 heterocycles. The van der Waals surface area contributed by atoms with Crippen LogP contribution in [0.4, 0.5) is 0 Å². The van der Waals surface area contributed by atoms with Gasteiger partial charge in [-0.05, 0) is 36.7 Å². The summed E-state index contributed by atoms with van der Waals surface area (Å²) in [6, 6.07) is 12.2. The minimum atomic E-state index is 0.540. The second kappa shape index (κ2) is 9.58. The van der Waals surface area contributed by atoms with Crippen molar-refractivity contribution in [3.05, 3.63) is 60.6 Å². The first-order valence-corrected chi connectivity index (χ1v) is 10.1. The van der Waals surface area contributed by atoms with Gasteiger partial charge in [0.25, 0.3) is 0 Å². The monoisotopic (exact) mass is 382 g/mol. The molecule has 0 saturated heterocycles. The molecule has 1 N–H and O–H groups in total. The van der Waals surface area contributed by atoms with Gasteiger partial charge in [-0.1, -0.05) is 19.1 Å². The largest absolute Gasteiger partial charge is 0.496 e. The second-order valence-corrected chi connectivity index (χ2v) is 7.68. The fourth-order valence-corrected chi connectivity index (χ4v) is 3.95. The number of pyridine rings is 1. The van der Waals surface area contributed by atoms with Crippen LogP contribution in [0.15, 0.2) is 59.9 Å². The first-order chi connectivity index (χ1) is 13.2. The Morgan fingerprint density at radius 1 is 1.22 bits per heavy atom. The Kier molecular flexibility index (Phi) is 6.90. The van der Waals surface area contributed by atoms with Crippen molar-refractivity contribution in [1.82, 2.24) is 20.1 Å². The van der Waals surface area contributed by atoms with Crippen molar-refractivity contribution in [2.24, 2.45) is 13.0 Å². The van der Waals surface area contributed by atoms with Gasteiger partial charge in [0.2, 0.25) is 0 Å². The van der Waals surface area contributed by atoms with E-state index in [0.717, 1.165) is 35.8 Å². The molecule has 3 aromatic rings. The Bertz CT molecular complexity index is 850. The number of para-hydroxylation sites is 1. The van der Waals surface area contributed by atoms with Crippen molar-refractivity contribution < 1.29 is 4.74 Å². The molecule has 1 unspecified atom stereocenters. The summed E-state index contributed by atoms with van der Waals surface area (Å²) in [5.41, 5.74) is 3.24. The Labute approximate surface area is 165 Å². The van der Waals surface area contributed by atoms with Crippen molar-refractivity contribution in [2.45, 2.75) is 18.4 Å². The minimum Gasteiger partial charge on any atom is -0.496 e. The van der Waals surface area contributed by atoms with Gasteiger partial charge in [-0.3, -0.25) is 9.67 Å². The summed E-state index contributed by atoms with van der Waals surface area (Å²) in [4.78, 5) is 5.40. The van der Waals surface area contributed by atoms with Crippen molar-refractivity contribution in [3.8, 4) is 17.0 Å². The quantitative estimate of drug-likeness (QED) is 0.567. The summed E-state index contributed by atoms with van der Waals surface area (Å²) < 4.78 is 7.28. The SMILES string of the molecule is COc1ccccc1SCC(C)CNCc1cn(C)nc1-c1cccnc1. The van der Waals surface area contributed by atoms with Gasteiger partial charge >= 0.3 is 0 Å². The van der Waals surface area contributed by atoms with E-state index < -0.39 is 0 Å². The van der Waals surface area contributed by atoms with E-state index in [4.69, 9.17) is 4.74 Å². The molecule has 5 nitrogen and oxygen atoms in total. The van der Waals surface area contributed by atoms with Crippen LogP contribution in [0.5, 0.6) is 5.75 Å². The lowest BCUT2D eigenvalue weighted by Crippen LogP contribution is -2.22. The lowest BCUT2D eigenvalue weighted by Gasteiger charge is -2.14. The number of hydrogen-bond acceptors (Lipinski definition) is 5. The highest BCUT2D eigenvalue weighted by molar-refractivity contribution is 7.99. The molecule has 0 radical (unpaired) electrons. The van der Waals surface area contributed by atoms with Gasteiger partial charge in [0.1, 0.15) is 5.75 Å². The van der Waals surface area contributed by atoms with E-state index >= 15 is 0 Å². The summed E-state index contributed by atoms with van der Waals surface area (Å²) in [5, 5.41) is 8.16. The number of thioether (sulfide) groups is 1. The number of aromatic nitrogens is 3. The molecule has 1 atom stereocenters. The Morgan fingerprint density at radius 3 is 2.85 bits per heavy atom. The van der Waals surface area contributed by atoms with Gasteiger partial charge in [-0.15, -0.1) is 11.8 Å². The van der Waals surface area contributed by atoms with Gasteiger partial charge in [-0.25, -0.2) is 0 Å². The molecule has 0 fully saturated rings. The molecule has 2 aromatic heterocycles. The fraction of sp³-hybridized carbons (Fsp3) is 0.333. The molecule has 1 aromatic carbocycles. The number of ether oxygens (including phenoxy) is 1. The molecule has 0 aliphatic carbocycles. The highest BCUT2D eigenvalue weighted by atomic mass is 32.2. The highest BCUT2D eigenvalue weighted by Gasteiger charge is 2.11. The van der Waals surface area contributed by atoms with E-state index in [9.17, 15) is 0 Å². The molecule has 27 heavy (non-hydrogen) atoms. The zero-order valence-corrected chi connectivity index (χ0v) is 16.9.